The van der Waals surface area contributed by atoms with E-state index in [0.717, 1.165) is 12.1 Å². The molecule has 0 fully saturated rings. The normalized spacial score (nSPS) is 10.7. The van der Waals surface area contributed by atoms with Crippen LogP contribution >= 0.6 is 0 Å². The number of nitrogens with two attached hydrogens (primary N) is 1. The fraction of sp³-hybridized carbons (Fsp3) is 0.0625. The average molecular weight is 234 g/mol. The Labute approximate surface area is 106 Å². The van der Waals surface area contributed by atoms with Gasteiger partial charge in [-0.1, -0.05) is 30.3 Å². The molecule has 0 atom stereocenters. The van der Waals surface area contributed by atoms with E-state index < -0.39 is 0 Å². The number of rotatable bonds is 2. The van der Waals surface area contributed by atoms with E-state index in [1.165, 1.54) is 21.9 Å². The van der Waals surface area contributed by atoms with Crippen molar-refractivity contribution in [3.8, 4) is 0 Å². The minimum absolute atomic E-state index is 0.851. The monoisotopic (exact) mass is 234 g/mol. The topological polar surface area (TPSA) is 38.9 Å². The lowest BCUT2D eigenvalue weighted by atomic mass is 10.0. The molecule has 18 heavy (non-hydrogen) atoms. The quantitative estimate of drug-likeness (QED) is 0.690. The molecular formula is C16H14N2. The summed E-state index contributed by atoms with van der Waals surface area (Å²) in [4.78, 5) is 4.15. The predicted octanol–water partition coefficient (Wildman–Crippen LogP) is 3.41. The third-order valence-electron chi connectivity index (χ3n) is 3.15. The van der Waals surface area contributed by atoms with Crippen molar-refractivity contribution in [1.29, 1.82) is 0 Å². The fourth-order valence-corrected chi connectivity index (χ4v) is 2.16. The number of pyridine rings is 1. The van der Waals surface area contributed by atoms with Gasteiger partial charge in [-0.05, 0) is 41.1 Å². The van der Waals surface area contributed by atoms with Gasteiger partial charge in [0.1, 0.15) is 0 Å². The Morgan fingerprint density at radius 3 is 2.72 bits per heavy atom. The number of aromatic nitrogens is 1. The van der Waals surface area contributed by atoms with Gasteiger partial charge >= 0.3 is 0 Å². The zero-order chi connectivity index (χ0) is 12.4. The molecule has 2 aromatic carbocycles. The van der Waals surface area contributed by atoms with Crippen LogP contribution in [0.1, 0.15) is 11.1 Å². The first kappa shape index (κ1) is 10.8. The number of hydrogen-bond donors (Lipinski definition) is 1. The molecule has 0 unspecified atom stereocenters. The van der Waals surface area contributed by atoms with Crippen molar-refractivity contribution in [2.24, 2.45) is 0 Å². The molecule has 0 radical (unpaired) electrons. The van der Waals surface area contributed by atoms with Crippen LogP contribution in [0.3, 0.4) is 0 Å². The summed E-state index contributed by atoms with van der Waals surface area (Å²) in [5.74, 6) is 0. The predicted molar refractivity (Wildman–Crippen MR) is 75.4 cm³/mol. The van der Waals surface area contributed by atoms with Crippen LogP contribution in [0.25, 0.3) is 10.8 Å². The molecule has 0 amide bonds. The van der Waals surface area contributed by atoms with Gasteiger partial charge in [0.15, 0.2) is 0 Å². The van der Waals surface area contributed by atoms with Crippen molar-refractivity contribution in [3.63, 3.8) is 0 Å². The summed E-state index contributed by atoms with van der Waals surface area (Å²) in [6.07, 6.45) is 4.57. The van der Waals surface area contributed by atoms with E-state index in [4.69, 9.17) is 5.73 Å². The lowest BCUT2D eigenvalue weighted by Crippen LogP contribution is -1.95. The minimum Gasteiger partial charge on any atom is -0.398 e. The van der Waals surface area contributed by atoms with Gasteiger partial charge in [-0.15, -0.1) is 0 Å². The highest BCUT2D eigenvalue weighted by atomic mass is 14.6. The molecule has 0 aliphatic rings. The van der Waals surface area contributed by atoms with Gasteiger partial charge in [0.25, 0.3) is 0 Å². The molecule has 2 heteroatoms. The van der Waals surface area contributed by atoms with Crippen molar-refractivity contribution in [1.82, 2.24) is 4.98 Å². The zero-order valence-electron chi connectivity index (χ0n) is 10.0. The SMILES string of the molecule is Nc1ccccc1Cc1ccc2ccncc2c1. The first-order valence-corrected chi connectivity index (χ1v) is 5.99. The van der Waals surface area contributed by atoms with E-state index in [-0.39, 0.29) is 0 Å². The van der Waals surface area contributed by atoms with Crippen molar-refractivity contribution < 1.29 is 0 Å². The Hall–Kier alpha value is -2.35. The lowest BCUT2D eigenvalue weighted by Gasteiger charge is -2.06. The molecule has 3 aromatic rings. The van der Waals surface area contributed by atoms with Crippen molar-refractivity contribution in [2.45, 2.75) is 6.42 Å². The summed E-state index contributed by atoms with van der Waals surface area (Å²) in [5, 5.41) is 2.39. The maximum Gasteiger partial charge on any atom is 0.0349 e. The third kappa shape index (κ3) is 2.05. The number of nitrogens with zero attached hydrogens (tertiary/aromatic N) is 1. The summed E-state index contributed by atoms with van der Waals surface area (Å²) in [6, 6.07) is 16.5. The van der Waals surface area contributed by atoms with E-state index >= 15 is 0 Å². The largest absolute Gasteiger partial charge is 0.398 e. The van der Waals surface area contributed by atoms with Crippen LogP contribution in [-0.4, -0.2) is 4.98 Å². The van der Waals surface area contributed by atoms with Crippen molar-refractivity contribution >= 4 is 16.5 Å². The molecule has 0 saturated carbocycles. The van der Waals surface area contributed by atoms with Gasteiger partial charge in [0.2, 0.25) is 0 Å². The second-order valence-electron chi connectivity index (χ2n) is 4.43. The van der Waals surface area contributed by atoms with Gasteiger partial charge in [-0.3, -0.25) is 4.98 Å². The molecule has 0 aliphatic heterocycles. The molecule has 0 bridgehead atoms. The number of fused-ring (bicyclic) bond motifs is 1. The van der Waals surface area contributed by atoms with Gasteiger partial charge < -0.3 is 5.73 Å². The van der Waals surface area contributed by atoms with Crippen molar-refractivity contribution in [3.05, 3.63) is 72.1 Å². The number of para-hydroxylation sites is 1. The molecule has 1 heterocycles. The molecule has 0 spiro atoms. The van der Waals surface area contributed by atoms with E-state index in [9.17, 15) is 0 Å². The Kier molecular flexibility index (Phi) is 2.69. The van der Waals surface area contributed by atoms with Crippen molar-refractivity contribution in [2.75, 3.05) is 5.73 Å². The zero-order valence-corrected chi connectivity index (χ0v) is 10.0. The highest BCUT2D eigenvalue weighted by Crippen LogP contribution is 2.19. The van der Waals surface area contributed by atoms with Crippen LogP contribution in [-0.2, 0) is 6.42 Å². The fourth-order valence-electron chi connectivity index (χ4n) is 2.16. The Morgan fingerprint density at radius 2 is 1.83 bits per heavy atom. The van der Waals surface area contributed by atoms with Crippen LogP contribution in [0.15, 0.2) is 60.9 Å². The first-order chi connectivity index (χ1) is 8.83. The molecule has 2 N–H and O–H groups in total. The molecule has 2 nitrogen and oxygen atoms in total. The van der Waals surface area contributed by atoms with Gasteiger partial charge in [-0.2, -0.15) is 0 Å². The van der Waals surface area contributed by atoms with E-state index in [2.05, 4.69) is 29.2 Å². The Balaban J connectivity index is 1.98. The average Bonchev–Trinajstić information content (AvgIpc) is 2.41. The maximum atomic E-state index is 5.97. The number of anilines is 1. The number of nitrogen functional groups attached to an aromatic ring is 1. The third-order valence-corrected chi connectivity index (χ3v) is 3.15. The summed E-state index contributed by atoms with van der Waals surface area (Å²) in [6.45, 7) is 0. The van der Waals surface area contributed by atoms with E-state index in [1.807, 2.05) is 36.7 Å². The second-order valence-corrected chi connectivity index (χ2v) is 4.43. The van der Waals surface area contributed by atoms with Gasteiger partial charge in [-0.25, -0.2) is 0 Å². The highest BCUT2D eigenvalue weighted by Gasteiger charge is 2.01. The van der Waals surface area contributed by atoms with E-state index in [1.54, 1.807) is 0 Å². The molecule has 1 aromatic heterocycles. The molecule has 0 saturated heterocycles. The number of benzene rings is 2. The first-order valence-electron chi connectivity index (χ1n) is 5.99. The van der Waals surface area contributed by atoms with Gasteiger partial charge in [0.05, 0.1) is 0 Å². The minimum atomic E-state index is 0.851. The second kappa shape index (κ2) is 4.49. The van der Waals surface area contributed by atoms with Crippen LogP contribution in [0.4, 0.5) is 5.69 Å². The van der Waals surface area contributed by atoms with Crippen LogP contribution in [0.5, 0.6) is 0 Å². The highest BCUT2D eigenvalue weighted by molar-refractivity contribution is 5.82. The van der Waals surface area contributed by atoms with E-state index in [0.29, 0.717) is 0 Å². The standard InChI is InChI=1S/C16H14N2/c17-16-4-2-1-3-14(16)9-12-5-6-13-7-8-18-11-15(13)10-12/h1-8,10-11H,9,17H2. The van der Waals surface area contributed by atoms with Crippen LogP contribution < -0.4 is 5.73 Å². The summed E-state index contributed by atoms with van der Waals surface area (Å²) in [5.41, 5.74) is 9.24. The Morgan fingerprint density at radius 1 is 0.944 bits per heavy atom. The summed E-state index contributed by atoms with van der Waals surface area (Å²) >= 11 is 0. The van der Waals surface area contributed by atoms with Crippen LogP contribution in [0, 0.1) is 0 Å². The van der Waals surface area contributed by atoms with Crippen LogP contribution in [0.2, 0.25) is 0 Å². The lowest BCUT2D eigenvalue weighted by molar-refractivity contribution is 1.20. The summed E-state index contributed by atoms with van der Waals surface area (Å²) in [7, 11) is 0. The smallest absolute Gasteiger partial charge is 0.0349 e. The molecule has 3 rings (SSSR count). The molecule has 0 aliphatic carbocycles. The Bertz CT molecular complexity index is 689. The number of hydrogen-bond acceptors (Lipinski definition) is 2. The molecular weight excluding hydrogens is 220 g/mol. The van der Waals surface area contributed by atoms with Gasteiger partial charge in [0, 0.05) is 23.5 Å². The molecule has 88 valence electrons. The maximum absolute atomic E-state index is 5.97. The summed E-state index contributed by atoms with van der Waals surface area (Å²) < 4.78 is 0.